The third kappa shape index (κ3) is 2.01. The molecule has 2 aromatic heterocycles. The van der Waals surface area contributed by atoms with Gasteiger partial charge in [-0.05, 0) is 24.6 Å². The van der Waals surface area contributed by atoms with Crippen LogP contribution in [0.1, 0.15) is 15.2 Å². The summed E-state index contributed by atoms with van der Waals surface area (Å²) in [6, 6.07) is 5.59. The SMILES string of the molecule is COC(=O)c1sc(N)c(-c2ccccn2)c1C. The average molecular weight is 248 g/mol. The fraction of sp³-hybridized carbons (Fsp3) is 0.167. The monoisotopic (exact) mass is 248 g/mol. The van der Waals surface area contributed by atoms with Gasteiger partial charge >= 0.3 is 5.97 Å². The van der Waals surface area contributed by atoms with Crippen molar-refractivity contribution >= 4 is 22.3 Å². The van der Waals surface area contributed by atoms with Gasteiger partial charge in [-0.15, -0.1) is 11.3 Å². The van der Waals surface area contributed by atoms with E-state index in [1.54, 1.807) is 6.20 Å². The number of aromatic nitrogens is 1. The smallest absolute Gasteiger partial charge is 0.348 e. The molecule has 0 aliphatic rings. The van der Waals surface area contributed by atoms with Gasteiger partial charge in [0, 0.05) is 11.8 Å². The number of methoxy groups -OCH3 is 1. The standard InChI is InChI=1S/C12H12N2O2S/c1-7-9(8-5-3-4-6-14-8)11(13)17-10(7)12(15)16-2/h3-6H,13H2,1-2H3. The Morgan fingerprint density at radius 1 is 1.47 bits per heavy atom. The highest BCUT2D eigenvalue weighted by molar-refractivity contribution is 7.18. The van der Waals surface area contributed by atoms with Gasteiger partial charge in [-0.2, -0.15) is 0 Å². The van der Waals surface area contributed by atoms with E-state index in [4.69, 9.17) is 10.5 Å². The second-order valence-electron chi connectivity index (χ2n) is 3.50. The summed E-state index contributed by atoms with van der Waals surface area (Å²) in [5, 5.41) is 0.585. The number of nitrogens with zero attached hydrogens (tertiary/aromatic N) is 1. The number of pyridine rings is 1. The summed E-state index contributed by atoms with van der Waals surface area (Å²) in [6.45, 7) is 1.85. The molecule has 2 heterocycles. The Bertz CT molecular complexity index is 549. The fourth-order valence-electron chi connectivity index (χ4n) is 1.65. The van der Waals surface area contributed by atoms with Crippen LogP contribution < -0.4 is 5.73 Å². The van der Waals surface area contributed by atoms with Gasteiger partial charge < -0.3 is 10.5 Å². The number of thiophene rings is 1. The zero-order valence-corrected chi connectivity index (χ0v) is 10.4. The minimum Gasteiger partial charge on any atom is -0.465 e. The van der Waals surface area contributed by atoms with Crippen molar-refractivity contribution in [3.63, 3.8) is 0 Å². The number of ether oxygens (including phenoxy) is 1. The lowest BCUT2D eigenvalue weighted by atomic mass is 10.1. The van der Waals surface area contributed by atoms with E-state index in [-0.39, 0.29) is 5.97 Å². The Morgan fingerprint density at radius 3 is 2.82 bits per heavy atom. The molecule has 0 aliphatic carbocycles. The van der Waals surface area contributed by atoms with Gasteiger partial charge in [0.05, 0.1) is 17.8 Å². The molecule has 0 aliphatic heterocycles. The Balaban J connectivity index is 2.57. The molecular weight excluding hydrogens is 236 g/mol. The van der Waals surface area contributed by atoms with Crippen molar-refractivity contribution in [2.75, 3.05) is 12.8 Å². The Morgan fingerprint density at radius 2 is 2.24 bits per heavy atom. The maximum Gasteiger partial charge on any atom is 0.348 e. The van der Waals surface area contributed by atoms with Gasteiger partial charge in [0.1, 0.15) is 4.88 Å². The summed E-state index contributed by atoms with van der Waals surface area (Å²) in [6.07, 6.45) is 1.70. The summed E-state index contributed by atoms with van der Waals surface area (Å²) >= 11 is 1.23. The van der Waals surface area contributed by atoms with Crippen LogP contribution in [0.5, 0.6) is 0 Å². The van der Waals surface area contributed by atoms with E-state index in [1.807, 2.05) is 25.1 Å². The third-order valence-corrected chi connectivity index (χ3v) is 3.57. The predicted octanol–water partition coefficient (Wildman–Crippen LogP) is 2.49. The first-order valence-corrected chi connectivity index (χ1v) is 5.85. The van der Waals surface area contributed by atoms with Crippen LogP contribution in [-0.2, 0) is 4.74 Å². The molecule has 0 bridgehead atoms. The molecule has 0 aromatic carbocycles. The number of anilines is 1. The second kappa shape index (κ2) is 4.55. The average Bonchev–Trinajstić information content (AvgIpc) is 2.65. The summed E-state index contributed by atoms with van der Waals surface area (Å²) in [5.74, 6) is -0.360. The quantitative estimate of drug-likeness (QED) is 0.829. The molecule has 2 rings (SSSR count). The van der Waals surface area contributed by atoms with Crippen LogP contribution in [0.2, 0.25) is 0 Å². The topological polar surface area (TPSA) is 65.2 Å². The van der Waals surface area contributed by atoms with Crippen LogP contribution in [0.15, 0.2) is 24.4 Å². The molecule has 0 unspecified atom stereocenters. The summed E-state index contributed by atoms with van der Waals surface area (Å²) < 4.78 is 4.72. The van der Waals surface area contributed by atoms with Crippen LogP contribution in [0.25, 0.3) is 11.3 Å². The minimum absolute atomic E-state index is 0.360. The molecule has 17 heavy (non-hydrogen) atoms. The first-order valence-electron chi connectivity index (χ1n) is 5.03. The van der Waals surface area contributed by atoms with E-state index in [0.717, 1.165) is 16.8 Å². The highest BCUT2D eigenvalue weighted by Crippen LogP contribution is 2.37. The Hall–Kier alpha value is -1.88. The molecule has 2 N–H and O–H groups in total. The van der Waals surface area contributed by atoms with Crippen molar-refractivity contribution in [1.29, 1.82) is 0 Å². The molecule has 0 saturated carbocycles. The molecule has 88 valence electrons. The van der Waals surface area contributed by atoms with Crippen LogP contribution in [0.4, 0.5) is 5.00 Å². The number of nitrogen functional groups attached to an aromatic ring is 1. The fourth-order valence-corrected chi connectivity index (χ4v) is 2.65. The number of rotatable bonds is 2. The highest BCUT2D eigenvalue weighted by atomic mass is 32.1. The number of esters is 1. The van der Waals surface area contributed by atoms with Gasteiger partial charge in [-0.3, -0.25) is 4.98 Å². The van der Waals surface area contributed by atoms with Crippen molar-refractivity contribution in [1.82, 2.24) is 4.98 Å². The Kier molecular flexibility index (Phi) is 3.10. The maximum atomic E-state index is 11.5. The van der Waals surface area contributed by atoms with Crippen molar-refractivity contribution in [3.05, 3.63) is 34.8 Å². The van der Waals surface area contributed by atoms with Crippen molar-refractivity contribution in [2.24, 2.45) is 0 Å². The lowest BCUT2D eigenvalue weighted by Crippen LogP contribution is -2.00. The van der Waals surface area contributed by atoms with Crippen molar-refractivity contribution < 1.29 is 9.53 Å². The number of carbonyl (C=O) groups excluding carboxylic acids is 1. The Labute approximate surface area is 103 Å². The van der Waals surface area contributed by atoms with Crippen LogP contribution in [-0.4, -0.2) is 18.1 Å². The van der Waals surface area contributed by atoms with Crippen molar-refractivity contribution in [3.8, 4) is 11.3 Å². The van der Waals surface area contributed by atoms with E-state index < -0.39 is 0 Å². The highest BCUT2D eigenvalue weighted by Gasteiger charge is 2.20. The molecule has 0 radical (unpaired) electrons. The zero-order chi connectivity index (χ0) is 12.4. The second-order valence-corrected chi connectivity index (χ2v) is 4.55. The number of hydrogen-bond acceptors (Lipinski definition) is 5. The van der Waals surface area contributed by atoms with E-state index in [9.17, 15) is 4.79 Å². The molecule has 4 nitrogen and oxygen atoms in total. The lowest BCUT2D eigenvalue weighted by molar-refractivity contribution is 0.0605. The van der Waals surface area contributed by atoms with Crippen LogP contribution >= 0.6 is 11.3 Å². The van der Waals surface area contributed by atoms with E-state index in [1.165, 1.54) is 18.4 Å². The predicted molar refractivity (Wildman–Crippen MR) is 68.0 cm³/mol. The van der Waals surface area contributed by atoms with E-state index >= 15 is 0 Å². The number of nitrogens with two attached hydrogens (primary N) is 1. The zero-order valence-electron chi connectivity index (χ0n) is 9.56. The first-order chi connectivity index (χ1) is 8.15. The molecular formula is C12H12N2O2S. The molecule has 0 amide bonds. The van der Waals surface area contributed by atoms with Gasteiger partial charge in [-0.25, -0.2) is 4.79 Å². The number of carbonyl (C=O) groups is 1. The number of hydrogen-bond donors (Lipinski definition) is 1. The third-order valence-electron chi connectivity index (χ3n) is 2.47. The molecule has 0 fully saturated rings. The van der Waals surface area contributed by atoms with Crippen LogP contribution in [0, 0.1) is 6.92 Å². The molecule has 0 spiro atoms. The molecule has 5 heteroatoms. The minimum atomic E-state index is -0.360. The largest absolute Gasteiger partial charge is 0.465 e. The molecule has 2 aromatic rings. The van der Waals surface area contributed by atoms with E-state index in [0.29, 0.717) is 9.88 Å². The summed E-state index contributed by atoms with van der Waals surface area (Å²) in [5.41, 5.74) is 8.34. The lowest BCUT2D eigenvalue weighted by Gasteiger charge is -2.01. The van der Waals surface area contributed by atoms with Gasteiger partial charge in [0.2, 0.25) is 0 Å². The van der Waals surface area contributed by atoms with Gasteiger partial charge in [0.25, 0.3) is 0 Å². The summed E-state index contributed by atoms with van der Waals surface area (Å²) in [4.78, 5) is 16.3. The first kappa shape index (κ1) is 11.6. The summed E-state index contributed by atoms with van der Waals surface area (Å²) in [7, 11) is 1.36. The van der Waals surface area contributed by atoms with Crippen LogP contribution in [0.3, 0.4) is 0 Å². The molecule has 0 saturated heterocycles. The van der Waals surface area contributed by atoms with Gasteiger partial charge in [0.15, 0.2) is 0 Å². The van der Waals surface area contributed by atoms with E-state index in [2.05, 4.69) is 4.98 Å². The van der Waals surface area contributed by atoms with Gasteiger partial charge in [-0.1, -0.05) is 6.07 Å². The molecule has 0 atom stereocenters. The maximum absolute atomic E-state index is 11.5. The normalized spacial score (nSPS) is 10.2. The van der Waals surface area contributed by atoms with Crippen molar-refractivity contribution in [2.45, 2.75) is 6.92 Å².